The van der Waals surface area contributed by atoms with Gasteiger partial charge < -0.3 is 15.0 Å². The number of amides is 2. The van der Waals surface area contributed by atoms with Crippen molar-refractivity contribution in [2.45, 2.75) is 25.7 Å². The number of hydrogen-bond donors (Lipinski definition) is 1. The predicted molar refractivity (Wildman–Crippen MR) is 114 cm³/mol. The van der Waals surface area contributed by atoms with Crippen LogP contribution in [-0.4, -0.2) is 53.9 Å². The number of likely N-dealkylation sites (tertiary alicyclic amines) is 1. The fourth-order valence-electron chi connectivity index (χ4n) is 3.99. The Kier molecular flexibility index (Phi) is 6.11. The first kappa shape index (κ1) is 21.4. The molecule has 1 heterocycles. The lowest BCUT2D eigenvalue weighted by Gasteiger charge is -2.20. The molecule has 32 heavy (non-hydrogen) atoms. The van der Waals surface area contributed by atoms with Crippen LogP contribution in [0.2, 0.25) is 0 Å². The molecule has 2 aromatic carbocycles. The molecule has 8 heteroatoms. The number of fused-ring (bicyclic) bond motifs is 2. The summed E-state index contributed by atoms with van der Waals surface area (Å²) in [6, 6.07) is 11.2. The molecule has 1 saturated heterocycles. The summed E-state index contributed by atoms with van der Waals surface area (Å²) in [5.41, 5.74) is 1.11. The Morgan fingerprint density at radius 2 is 1.59 bits per heavy atom. The Labute approximate surface area is 184 Å². The molecule has 0 spiro atoms. The third-order valence-electron chi connectivity index (χ3n) is 5.58. The van der Waals surface area contributed by atoms with Gasteiger partial charge in [-0.15, -0.1) is 0 Å². The van der Waals surface area contributed by atoms with Crippen LogP contribution in [-0.2, 0) is 19.1 Å². The normalized spacial score (nSPS) is 15.5. The van der Waals surface area contributed by atoms with Crippen molar-refractivity contribution >= 4 is 35.0 Å². The molecule has 4 rings (SSSR count). The van der Waals surface area contributed by atoms with Gasteiger partial charge in [0.15, 0.2) is 18.2 Å². The molecule has 1 N–H and O–H groups in total. The SMILES string of the molecule is O=C(COC(=O)CN1CCCCCC1=O)Nc1cccc2c1C(=O)c1ccccc1C2=O. The van der Waals surface area contributed by atoms with E-state index in [1.807, 2.05) is 0 Å². The topological polar surface area (TPSA) is 110 Å². The minimum Gasteiger partial charge on any atom is -0.454 e. The van der Waals surface area contributed by atoms with Gasteiger partial charge in [0, 0.05) is 29.7 Å². The number of nitrogens with one attached hydrogen (secondary N) is 1. The summed E-state index contributed by atoms with van der Waals surface area (Å²) in [6.45, 7) is -0.270. The monoisotopic (exact) mass is 434 g/mol. The summed E-state index contributed by atoms with van der Waals surface area (Å²) in [7, 11) is 0. The number of ketones is 2. The van der Waals surface area contributed by atoms with Gasteiger partial charge >= 0.3 is 5.97 Å². The second-order valence-corrected chi connectivity index (χ2v) is 7.77. The number of hydrogen-bond acceptors (Lipinski definition) is 6. The number of anilines is 1. The van der Waals surface area contributed by atoms with Crippen LogP contribution in [0, 0.1) is 0 Å². The quantitative estimate of drug-likeness (QED) is 0.618. The molecule has 1 aliphatic carbocycles. The maximum absolute atomic E-state index is 13.0. The zero-order valence-electron chi connectivity index (χ0n) is 17.4. The first-order valence-electron chi connectivity index (χ1n) is 10.5. The number of carbonyl (C=O) groups is 5. The zero-order valence-corrected chi connectivity index (χ0v) is 17.4. The van der Waals surface area contributed by atoms with Gasteiger partial charge in [-0.05, 0) is 18.9 Å². The third kappa shape index (κ3) is 4.30. The smallest absolute Gasteiger partial charge is 0.326 e. The molecule has 8 nitrogen and oxygen atoms in total. The summed E-state index contributed by atoms with van der Waals surface area (Å²) in [5, 5.41) is 2.56. The van der Waals surface area contributed by atoms with Crippen molar-refractivity contribution in [2.24, 2.45) is 0 Å². The Bertz CT molecular complexity index is 1120. The summed E-state index contributed by atoms with van der Waals surface area (Å²) in [4.78, 5) is 63.7. The van der Waals surface area contributed by atoms with Gasteiger partial charge in [0.1, 0.15) is 6.54 Å². The van der Waals surface area contributed by atoms with Crippen molar-refractivity contribution in [3.63, 3.8) is 0 Å². The predicted octanol–water partition coefficient (Wildman–Crippen LogP) is 2.35. The Balaban J connectivity index is 1.41. The number of rotatable bonds is 5. The summed E-state index contributed by atoms with van der Waals surface area (Å²) in [5.74, 6) is -2.07. The van der Waals surface area contributed by atoms with E-state index in [-0.39, 0.29) is 46.4 Å². The van der Waals surface area contributed by atoms with E-state index in [0.29, 0.717) is 18.5 Å². The number of ether oxygens (including phenoxy) is 1. The molecule has 0 saturated carbocycles. The zero-order chi connectivity index (χ0) is 22.7. The molecule has 0 aromatic heterocycles. The van der Waals surface area contributed by atoms with Gasteiger partial charge in [-0.25, -0.2) is 0 Å². The van der Waals surface area contributed by atoms with Gasteiger partial charge in [0.2, 0.25) is 5.91 Å². The highest BCUT2D eigenvalue weighted by Gasteiger charge is 2.31. The van der Waals surface area contributed by atoms with Gasteiger partial charge in [-0.2, -0.15) is 0 Å². The van der Waals surface area contributed by atoms with E-state index in [2.05, 4.69) is 5.32 Å². The largest absolute Gasteiger partial charge is 0.454 e. The Morgan fingerprint density at radius 3 is 2.38 bits per heavy atom. The molecule has 2 aliphatic rings. The highest BCUT2D eigenvalue weighted by molar-refractivity contribution is 6.30. The van der Waals surface area contributed by atoms with Crippen molar-refractivity contribution in [2.75, 3.05) is 25.0 Å². The molecule has 0 unspecified atom stereocenters. The highest BCUT2D eigenvalue weighted by atomic mass is 16.5. The maximum Gasteiger partial charge on any atom is 0.326 e. The Morgan fingerprint density at radius 1 is 0.875 bits per heavy atom. The summed E-state index contributed by atoms with van der Waals surface area (Å²) >= 11 is 0. The molecular formula is C24H22N2O6. The summed E-state index contributed by atoms with van der Waals surface area (Å²) in [6.07, 6.45) is 2.98. The van der Waals surface area contributed by atoms with Crippen LogP contribution in [0.4, 0.5) is 5.69 Å². The molecule has 164 valence electrons. The molecular weight excluding hydrogens is 412 g/mol. The Hall–Kier alpha value is -3.81. The third-order valence-corrected chi connectivity index (χ3v) is 5.58. The average molecular weight is 434 g/mol. The van der Waals surface area contributed by atoms with Gasteiger partial charge in [-0.3, -0.25) is 24.0 Å². The van der Waals surface area contributed by atoms with E-state index in [1.165, 1.54) is 11.0 Å². The van der Waals surface area contributed by atoms with Crippen molar-refractivity contribution in [3.8, 4) is 0 Å². The molecule has 1 fully saturated rings. The lowest BCUT2D eigenvalue weighted by molar-refractivity contribution is -0.151. The molecule has 2 aromatic rings. The van der Waals surface area contributed by atoms with Crippen LogP contribution >= 0.6 is 0 Å². The van der Waals surface area contributed by atoms with E-state index in [0.717, 1.165) is 19.3 Å². The molecule has 1 aliphatic heterocycles. The first-order chi connectivity index (χ1) is 15.5. The fraction of sp³-hybridized carbons (Fsp3) is 0.292. The number of esters is 1. The molecule has 2 amide bonds. The van der Waals surface area contributed by atoms with Crippen LogP contribution < -0.4 is 5.32 Å². The van der Waals surface area contributed by atoms with Crippen LogP contribution in [0.1, 0.15) is 57.5 Å². The second-order valence-electron chi connectivity index (χ2n) is 7.77. The van der Waals surface area contributed by atoms with E-state index in [4.69, 9.17) is 4.74 Å². The minimum atomic E-state index is -0.675. The van der Waals surface area contributed by atoms with Crippen LogP contribution in [0.25, 0.3) is 0 Å². The molecule has 0 atom stereocenters. The van der Waals surface area contributed by atoms with Crippen LogP contribution in [0.3, 0.4) is 0 Å². The lowest BCUT2D eigenvalue weighted by atomic mass is 9.83. The number of benzene rings is 2. The van der Waals surface area contributed by atoms with Crippen molar-refractivity contribution in [1.29, 1.82) is 0 Å². The second kappa shape index (κ2) is 9.13. The maximum atomic E-state index is 13.0. The lowest BCUT2D eigenvalue weighted by Crippen LogP contribution is -2.36. The van der Waals surface area contributed by atoms with E-state index in [9.17, 15) is 24.0 Å². The minimum absolute atomic E-state index is 0.0942. The number of nitrogens with zero attached hydrogens (tertiary/aromatic N) is 1. The molecule has 0 radical (unpaired) electrons. The van der Waals surface area contributed by atoms with Crippen LogP contribution in [0.5, 0.6) is 0 Å². The number of carbonyl (C=O) groups excluding carboxylic acids is 5. The average Bonchev–Trinajstić information content (AvgIpc) is 3.00. The van der Waals surface area contributed by atoms with Crippen LogP contribution in [0.15, 0.2) is 42.5 Å². The standard InChI is InChI=1S/C24H22N2O6/c27-19(14-32-21(29)13-26-12-5-1-2-11-20(26)28)25-18-10-6-9-17-22(18)24(31)16-8-4-3-7-15(16)23(17)30/h3-4,6-10H,1-2,5,11-14H2,(H,25,27). The van der Waals surface area contributed by atoms with Gasteiger partial charge in [0.25, 0.3) is 5.91 Å². The van der Waals surface area contributed by atoms with Crippen molar-refractivity contribution < 1.29 is 28.7 Å². The van der Waals surface area contributed by atoms with Gasteiger partial charge in [-0.1, -0.05) is 42.8 Å². The first-order valence-corrected chi connectivity index (χ1v) is 10.5. The van der Waals surface area contributed by atoms with E-state index >= 15 is 0 Å². The fourth-order valence-corrected chi connectivity index (χ4v) is 3.99. The highest BCUT2D eigenvalue weighted by Crippen LogP contribution is 2.31. The van der Waals surface area contributed by atoms with E-state index in [1.54, 1.807) is 36.4 Å². The van der Waals surface area contributed by atoms with E-state index < -0.39 is 18.5 Å². The van der Waals surface area contributed by atoms with Gasteiger partial charge in [0.05, 0.1) is 11.3 Å². The van der Waals surface area contributed by atoms with Crippen molar-refractivity contribution in [1.82, 2.24) is 4.90 Å². The summed E-state index contributed by atoms with van der Waals surface area (Å²) < 4.78 is 5.02. The molecule has 0 bridgehead atoms. The van der Waals surface area contributed by atoms with Crippen molar-refractivity contribution in [3.05, 3.63) is 64.7 Å².